The van der Waals surface area contributed by atoms with Crippen molar-refractivity contribution >= 4 is 17.6 Å². The summed E-state index contributed by atoms with van der Waals surface area (Å²) in [5.74, 6) is -0.491. The molecule has 0 saturated heterocycles. The van der Waals surface area contributed by atoms with Crippen LogP contribution in [0, 0.1) is 0 Å². The summed E-state index contributed by atoms with van der Waals surface area (Å²) in [5.41, 5.74) is 0.454. The number of rotatable bonds is 4. The molecule has 0 fully saturated rings. The van der Waals surface area contributed by atoms with Crippen LogP contribution in [0.15, 0.2) is 18.5 Å². The molecule has 9 heteroatoms. The predicted octanol–water partition coefficient (Wildman–Crippen LogP) is 0.783. The highest BCUT2D eigenvalue weighted by Gasteiger charge is 2.14. The van der Waals surface area contributed by atoms with Gasteiger partial charge in [0.2, 0.25) is 5.82 Å². The molecular formula is C10H9ClN4O4. The third-order valence-electron chi connectivity index (χ3n) is 2.08. The first-order valence-corrected chi connectivity index (χ1v) is 5.45. The molecule has 0 saturated carbocycles. The lowest BCUT2D eigenvalue weighted by atomic mass is 10.3. The van der Waals surface area contributed by atoms with E-state index in [0.717, 1.165) is 0 Å². The molecule has 2 aromatic rings. The molecule has 0 radical (unpaired) electrons. The molecule has 0 amide bonds. The fourth-order valence-electron chi connectivity index (χ4n) is 1.24. The van der Waals surface area contributed by atoms with Crippen LogP contribution in [0.1, 0.15) is 0 Å². The zero-order valence-electron chi connectivity index (χ0n) is 9.78. The molecule has 19 heavy (non-hydrogen) atoms. The summed E-state index contributed by atoms with van der Waals surface area (Å²) in [7, 11) is 1.23. The van der Waals surface area contributed by atoms with Crippen LogP contribution in [0.5, 0.6) is 6.01 Å². The Morgan fingerprint density at radius 3 is 3.00 bits per heavy atom. The normalized spacial score (nSPS) is 10.2. The van der Waals surface area contributed by atoms with Crippen molar-refractivity contribution in [1.82, 2.24) is 19.9 Å². The van der Waals surface area contributed by atoms with Crippen LogP contribution in [0.3, 0.4) is 0 Å². The second-order valence-electron chi connectivity index (χ2n) is 3.36. The summed E-state index contributed by atoms with van der Waals surface area (Å²) in [5, 5.41) is 13.5. The fourth-order valence-corrected chi connectivity index (χ4v) is 1.42. The topological polar surface area (TPSA) is 99.4 Å². The van der Waals surface area contributed by atoms with Crippen LogP contribution in [-0.2, 0) is 9.53 Å². The molecule has 1 N–H and O–H groups in total. The summed E-state index contributed by atoms with van der Waals surface area (Å²) < 4.78 is 9.33. The lowest BCUT2D eigenvalue weighted by Gasteiger charge is -1.98. The molecule has 0 aromatic carbocycles. The molecule has 2 aromatic heterocycles. The molecule has 0 aliphatic rings. The van der Waals surface area contributed by atoms with Crippen LogP contribution < -0.4 is 4.74 Å². The number of carbonyl (C=O) groups is 1. The number of nitrogens with zero attached hydrogens (tertiary/aromatic N) is 4. The van der Waals surface area contributed by atoms with Gasteiger partial charge in [0.1, 0.15) is 0 Å². The molecule has 2 heterocycles. The Morgan fingerprint density at radius 1 is 1.53 bits per heavy atom. The molecule has 2 rings (SSSR count). The first kappa shape index (κ1) is 13.1. The lowest BCUT2D eigenvalue weighted by Crippen LogP contribution is -2.13. The van der Waals surface area contributed by atoms with Crippen molar-refractivity contribution in [2.24, 2.45) is 0 Å². The Bertz CT molecular complexity index is 601. The van der Waals surface area contributed by atoms with Crippen molar-refractivity contribution in [1.29, 1.82) is 0 Å². The van der Waals surface area contributed by atoms with Gasteiger partial charge in [-0.05, 0) is 6.07 Å². The Hall–Kier alpha value is -2.35. The standard InChI is InChI=1S/C10H9ClN4O4/c1-18-8(16)5-19-10-13-9(15(17)14-10)6-2-7(11)4-12-3-6/h2-4,17H,5H2,1H3. The lowest BCUT2D eigenvalue weighted by molar-refractivity contribution is -0.143. The number of pyridine rings is 1. The Morgan fingerprint density at radius 2 is 2.32 bits per heavy atom. The molecule has 0 unspecified atom stereocenters. The van der Waals surface area contributed by atoms with Crippen molar-refractivity contribution in [2.45, 2.75) is 0 Å². The quantitative estimate of drug-likeness (QED) is 0.654. The smallest absolute Gasteiger partial charge is 0.344 e. The highest BCUT2D eigenvalue weighted by Crippen LogP contribution is 2.20. The van der Waals surface area contributed by atoms with Gasteiger partial charge in [-0.15, -0.1) is 0 Å². The molecule has 0 aliphatic carbocycles. The first-order chi connectivity index (χ1) is 9.10. The third kappa shape index (κ3) is 3.10. The van der Waals surface area contributed by atoms with Gasteiger partial charge in [0.15, 0.2) is 6.61 Å². The van der Waals surface area contributed by atoms with Crippen LogP contribution >= 0.6 is 11.6 Å². The molecule has 0 atom stereocenters. The van der Waals surface area contributed by atoms with E-state index < -0.39 is 5.97 Å². The minimum Gasteiger partial charge on any atom is -0.466 e. The van der Waals surface area contributed by atoms with Crippen molar-refractivity contribution in [2.75, 3.05) is 13.7 Å². The summed E-state index contributed by atoms with van der Waals surface area (Å²) in [6, 6.07) is 1.39. The molecule has 100 valence electrons. The molecule has 0 aliphatic heterocycles. The summed E-state index contributed by atoms with van der Waals surface area (Å²) in [6.45, 7) is -0.353. The maximum Gasteiger partial charge on any atom is 0.344 e. The van der Waals surface area contributed by atoms with Gasteiger partial charge in [-0.2, -0.15) is 4.98 Å². The number of methoxy groups -OCH3 is 1. The largest absolute Gasteiger partial charge is 0.466 e. The van der Waals surface area contributed by atoms with Gasteiger partial charge >= 0.3 is 12.0 Å². The van der Waals surface area contributed by atoms with E-state index in [4.69, 9.17) is 16.3 Å². The van der Waals surface area contributed by atoms with Gasteiger partial charge in [0.25, 0.3) is 0 Å². The van der Waals surface area contributed by atoms with Crippen LogP contribution in [0.2, 0.25) is 5.02 Å². The van der Waals surface area contributed by atoms with Gasteiger partial charge in [0.05, 0.1) is 12.1 Å². The molecular weight excluding hydrogens is 276 g/mol. The monoisotopic (exact) mass is 284 g/mol. The van der Waals surface area contributed by atoms with E-state index in [2.05, 4.69) is 19.8 Å². The maximum atomic E-state index is 10.9. The first-order valence-electron chi connectivity index (χ1n) is 5.07. The zero-order chi connectivity index (χ0) is 13.8. The maximum absolute atomic E-state index is 10.9. The van der Waals surface area contributed by atoms with E-state index in [1.165, 1.54) is 19.5 Å². The highest BCUT2D eigenvalue weighted by molar-refractivity contribution is 6.30. The summed E-state index contributed by atoms with van der Waals surface area (Å²) >= 11 is 5.78. The SMILES string of the molecule is COC(=O)COc1nc(-c2cncc(Cl)c2)n(O)n1. The Labute approximate surface area is 112 Å². The van der Waals surface area contributed by atoms with E-state index in [1.807, 2.05) is 0 Å². The zero-order valence-corrected chi connectivity index (χ0v) is 10.5. The number of halogens is 1. The average Bonchev–Trinajstić information content (AvgIpc) is 2.77. The number of hydrogen-bond acceptors (Lipinski definition) is 7. The van der Waals surface area contributed by atoms with Gasteiger partial charge < -0.3 is 14.7 Å². The van der Waals surface area contributed by atoms with E-state index in [1.54, 1.807) is 6.07 Å². The van der Waals surface area contributed by atoms with E-state index in [0.29, 0.717) is 15.4 Å². The van der Waals surface area contributed by atoms with E-state index in [9.17, 15) is 10.0 Å². The Balaban J connectivity index is 2.19. The second kappa shape index (κ2) is 5.53. The van der Waals surface area contributed by atoms with Gasteiger partial charge in [-0.25, -0.2) is 4.79 Å². The van der Waals surface area contributed by atoms with E-state index in [-0.39, 0.29) is 18.4 Å². The van der Waals surface area contributed by atoms with Crippen LogP contribution in [-0.4, -0.2) is 44.8 Å². The van der Waals surface area contributed by atoms with Crippen molar-refractivity contribution in [3.8, 4) is 17.4 Å². The van der Waals surface area contributed by atoms with Crippen molar-refractivity contribution < 1.29 is 19.5 Å². The van der Waals surface area contributed by atoms with E-state index >= 15 is 0 Å². The van der Waals surface area contributed by atoms with Crippen LogP contribution in [0.25, 0.3) is 11.4 Å². The fraction of sp³-hybridized carbons (Fsp3) is 0.200. The van der Waals surface area contributed by atoms with Crippen LogP contribution in [0.4, 0.5) is 0 Å². The minimum atomic E-state index is -0.583. The van der Waals surface area contributed by atoms with Gasteiger partial charge in [-0.3, -0.25) is 4.98 Å². The summed E-state index contributed by atoms with van der Waals surface area (Å²) in [6.07, 6.45) is 2.89. The third-order valence-corrected chi connectivity index (χ3v) is 2.29. The number of esters is 1. The molecule has 0 bridgehead atoms. The summed E-state index contributed by atoms with van der Waals surface area (Å²) in [4.78, 5) is 19.2. The second-order valence-corrected chi connectivity index (χ2v) is 3.80. The molecule has 0 spiro atoms. The average molecular weight is 285 g/mol. The number of ether oxygens (including phenoxy) is 2. The predicted molar refractivity (Wildman–Crippen MR) is 63.0 cm³/mol. The highest BCUT2D eigenvalue weighted by atomic mass is 35.5. The Kier molecular flexibility index (Phi) is 3.81. The number of hydrogen-bond donors (Lipinski definition) is 1. The van der Waals surface area contributed by atoms with Gasteiger partial charge in [-0.1, -0.05) is 21.5 Å². The molecule has 8 nitrogen and oxygen atoms in total. The number of aromatic nitrogens is 4. The number of carbonyl (C=O) groups excluding carboxylic acids is 1. The van der Waals surface area contributed by atoms with Crippen molar-refractivity contribution in [3.63, 3.8) is 0 Å². The van der Waals surface area contributed by atoms with Crippen molar-refractivity contribution in [3.05, 3.63) is 23.5 Å². The van der Waals surface area contributed by atoms with Gasteiger partial charge in [0, 0.05) is 18.0 Å². The minimum absolute atomic E-state index is 0.0925.